The quantitative estimate of drug-likeness (QED) is 0.619. The van der Waals surface area contributed by atoms with E-state index in [1.165, 1.54) is 18.4 Å². The largest absolute Gasteiger partial charge is 0.426 e. The lowest BCUT2D eigenvalue weighted by atomic mass is 9.82. The van der Waals surface area contributed by atoms with Crippen molar-refractivity contribution in [1.29, 1.82) is 0 Å². The molecular formula is C26H29N5O2. The number of benzene rings is 1. The summed E-state index contributed by atoms with van der Waals surface area (Å²) in [6.45, 7) is 4.52. The first-order valence-electron chi connectivity index (χ1n) is 11.5. The van der Waals surface area contributed by atoms with Crippen LogP contribution in [0.4, 0.5) is 5.69 Å². The highest BCUT2D eigenvalue weighted by Gasteiger charge is 2.25. The van der Waals surface area contributed by atoms with Crippen LogP contribution in [-0.2, 0) is 0 Å². The fourth-order valence-corrected chi connectivity index (χ4v) is 4.80. The van der Waals surface area contributed by atoms with E-state index in [9.17, 15) is 4.79 Å². The molecule has 1 fully saturated rings. The molecule has 0 saturated carbocycles. The Balaban J connectivity index is 1.27. The molecule has 1 aliphatic heterocycles. The molecule has 33 heavy (non-hydrogen) atoms. The fraction of sp³-hybridized carbons (Fsp3) is 0.346. The smallest absolute Gasteiger partial charge is 0.302 e. The maximum atomic E-state index is 12.2. The van der Waals surface area contributed by atoms with Gasteiger partial charge in [0.05, 0.1) is 23.1 Å². The molecule has 7 nitrogen and oxygen atoms in total. The van der Waals surface area contributed by atoms with Crippen LogP contribution in [0.5, 0.6) is 11.8 Å². The van der Waals surface area contributed by atoms with Gasteiger partial charge in [-0.15, -0.1) is 0 Å². The summed E-state index contributed by atoms with van der Waals surface area (Å²) in [6, 6.07) is 9.94. The molecule has 2 atom stereocenters. The Labute approximate surface area is 193 Å². The summed E-state index contributed by atoms with van der Waals surface area (Å²) in [4.78, 5) is 25.6. The molecule has 1 aliphatic carbocycles. The van der Waals surface area contributed by atoms with Gasteiger partial charge in [-0.2, -0.15) is 4.98 Å². The number of hydrogen-bond acceptors (Lipinski definition) is 6. The number of nitrogens with zero attached hydrogens (tertiary/aromatic N) is 3. The highest BCUT2D eigenvalue weighted by Crippen LogP contribution is 2.32. The molecule has 2 aromatic heterocycles. The number of hydrogen-bond donors (Lipinski definition) is 2. The Kier molecular flexibility index (Phi) is 5.96. The number of aromatic amines is 1. The van der Waals surface area contributed by atoms with E-state index < -0.39 is 0 Å². The highest BCUT2D eigenvalue weighted by atomic mass is 16.5. The van der Waals surface area contributed by atoms with Gasteiger partial charge in [0.1, 0.15) is 5.75 Å². The maximum Gasteiger partial charge on any atom is 0.302 e. The number of rotatable bonds is 5. The Morgan fingerprint density at radius 1 is 1.12 bits per heavy atom. The van der Waals surface area contributed by atoms with E-state index in [0.29, 0.717) is 34.5 Å². The molecule has 3 heterocycles. The SMILES string of the molecule is CC1C=C(C2CCNCC2)C=CC1N(C)c1ccc(Oc2nc3cnccc3c(=O)[nH]2)cc1. The van der Waals surface area contributed by atoms with Gasteiger partial charge in [-0.05, 0) is 73.7 Å². The predicted octanol–water partition coefficient (Wildman–Crippen LogP) is 4.05. The van der Waals surface area contributed by atoms with Crippen molar-refractivity contribution < 1.29 is 4.74 Å². The Hall–Kier alpha value is -3.45. The summed E-state index contributed by atoms with van der Waals surface area (Å²) < 4.78 is 5.81. The second-order valence-electron chi connectivity index (χ2n) is 8.87. The first-order chi connectivity index (χ1) is 16.1. The summed E-state index contributed by atoms with van der Waals surface area (Å²) in [6.07, 6.45) is 12.7. The summed E-state index contributed by atoms with van der Waals surface area (Å²) in [5.41, 5.74) is 2.85. The molecule has 0 bridgehead atoms. The van der Waals surface area contributed by atoms with E-state index in [1.54, 1.807) is 18.5 Å². The lowest BCUT2D eigenvalue weighted by Gasteiger charge is -2.35. The van der Waals surface area contributed by atoms with E-state index in [-0.39, 0.29) is 11.6 Å². The van der Waals surface area contributed by atoms with Crippen LogP contribution in [0, 0.1) is 11.8 Å². The van der Waals surface area contributed by atoms with Gasteiger partial charge in [0.15, 0.2) is 0 Å². The van der Waals surface area contributed by atoms with Crippen molar-refractivity contribution in [2.24, 2.45) is 11.8 Å². The van der Waals surface area contributed by atoms with Crippen molar-refractivity contribution in [3.63, 3.8) is 0 Å². The summed E-state index contributed by atoms with van der Waals surface area (Å²) in [7, 11) is 2.13. The van der Waals surface area contributed by atoms with E-state index in [0.717, 1.165) is 18.8 Å². The number of piperidine rings is 1. The molecule has 7 heteroatoms. The zero-order valence-corrected chi connectivity index (χ0v) is 19.0. The van der Waals surface area contributed by atoms with Crippen LogP contribution in [0.1, 0.15) is 19.8 Å². The number of aromatic nitrogens is 3. The molecule has 3 aromatic rings. The van der Waals surface area contributed by atoms with Gasteiger partial charge in [0.2, 0.25) is 0 Å². The monoisotopic (exact) mass is 443 g/mol. The molecule has 0 radical (unpaired) electrons. The van der Waals surface area contributed by atoms with Crippen molar-refractivity contribution >= 4 is 16.6 Å². The van der Waals surface area contributed by atoms with Crippen LogP contribution in [0.25, 0.3) is 10.9 Å². The van der Waals surface area contributed by atoms with Crippen molar-refractivity contribution in [2.45, 2.75) is 25.8 Å². The third-order valence-corrected chi connectivity index (χ3v) is 6.68. The van der Waals surface area contributed by atoms with Crippen LogP contribution < -0.4 is 20.5 Å². The Morgan fingerprint density at radius 2 is 1.91 bits per heavy atom. The second-order valence-corrected chi connectivity index (χ2v) is 8.87. The van der Waals surface area contributed by atoms with Crippen LogP contribution in [0.3, 0.4) is 0 Å². The minimum Gasteiger partial charge on any atom is -0.426 e. The summed E-state index contributed by atoms with van der Waals surface area (Å²) >= 11 is 0. The van der Waals surface area contributed by atoms with Gasteiger partial charge in [-0.1, -0.05) is 25.2 Å². The molecule has 170 valence electrons. The fourth-order valence-electron chi connectivity index (χ4n) is 4.80. The van der Waals surface area contributed by atoms with E-state index in [2.05, 4.69) is 57.4 Å². The minimum absolute atomic E-state index is 0.154. The number of pyridine rings is 1. The summed E-state index contributed by atoms with van der Waals surface area (Å²) in [5.74, 6) is 1.72. The molecule has 0 spiro atoms. The Bertz CT molecular complexity index is 1240. The van der Waals surface area contributed by atoms with Crippen LogP contribution >= 0.6 is 0 Å². The van der Waals surface area contributed by atoms with Crippen molar-refractivity contribution in [1.82, 2.24) is 20.3 Å². The number of anilines is 1. The number of nitrogens with one attached hydrogen (secondary N) is 2. The molecule has 1 saturated heterocycles. The molecular weight excluding hydrogens is 414 g/mol. The van der Waals surface area contributed by atoms with Gasteiger partial charge < -0.3 is 15.0 Å². The predicted molar refractivity (Wildman–Crippen MR) is 131 cm³/mol. The van der Waals surface area contributed by atoms with E-state index >= 15 is 0 Å². The van der Waals surface area contributed by atoms with Gasteiger partial charge >= 0.3 is 6.01 Å². The third kappa shape index (κ3) is 4.54. The minimum atomic E-state index is -0.247. The number of allylic oxidation sites excluding steroid dienone is 2. The number of H-pyrrole nitrogens is 1. The summed E-state index contributed by atoms with van der Waals surface area (Å²) in [5, 5.41) is 3.94. The molecule has 2 N–H and O–H groups in total. The lowest BCUT2D eigenvalue weighted by Crippen LogP contribution is -2.37. The molecule has 1 aromatic carbocycles. The van der Waals surface area contributed by atoms with E-state index in [4.69, 9.17) is 4.74 Å². The normalized spacial score (nSPS) is 21.1. The Morgan fingerprint density at radius 3 is 2.67 bits per heavy atom. The number of fused-ring (bicyclic) bond motifs is 1. The van der Waals surface area contributed by atoms with Gasteiger partial charge in [0.25, 0.3) is 5.56 Å². The maximum absolute atomic E-state index is 12.2. The second kappa shape index (κ2) is 9.19. The number of likely N-dealkylation sites (N-methyl/N-ethyl adjacent to an activating group) is 1. The van der Waals surface area contributed by atoms with Crippen molar-refractivity contribution in [3.05, 3.63) is 76.9 Å². The standard InChI is InChI=1S/C26H29N5O2/c1-17-15-19(18-9-12-27-13-10-18)3-8-24(17)31(2)20-4-6-21(7-5-20)33-26-29-23-16-28-14-11-22(23)25(32)30-26/h3-8,11,14-18,24,27H,9-10,12-13H2,1-2H3,(H,29,30,32). The average Bonchev–Trinajstić information content (AvgIpc) is 2.85. The van der Waals surface area contributed by atoms with Crippen LogP contribution in [0.15, 0.2) is 71.3 Å². The number of ether oxygens (including phenoxy) is 1. The van der Waals surface area contributed by atoms with Gasteiger partial charge in [-0.25, -0.2) is 0 Å². The van der Waals surface area contributed by atoms with Crippen molar-refractivity contribution in [3.8, 4) is 11.8 Å². The molecule has 2 aliphatic rings. The molecule has 5 rings (SSSR count). The first-order valence-corrected chi connectivity index (χ1v) is 11.5. The highest BCUT2D eigenvalue weighted by molar-refractivity contribution is 5.76. The van der Waals surface area contributed by atoms with Gasteiger partial charge in [-0.3, -0.25) is 14.8 Å². The topological polar surface area (TPSA) is 83.1 Å². The van der Waals surface area contributed by atoms with E-state index in [1.807, 2.05) is 24.3 Å². The van der Waals surface area contributed by atoms with Gasteiger partial charge in [0, 0.05) is 18.9 Å². The van der Waals surface area contributed by atoms with Crippen LogP contribution in [0.2, 0.25) is 0 Å². The third-order valence-electron chi connectivity index (χ3n) is 6.68. The first kappa shape index (κ1) is 21.4. The zero-order valence-electron chi connectivity index (χ0n) is 19.0. The molecule has 0 amide bonds. The lowest BCUT2D eigenvalue weighted by molar-refractivity contribution is 0.419. The van der Waals surface area contributed by atoms with Crippen LogP contribution in [-0.4, -0.2) is 41.1 Å². The van der Waals surface area contributed by atoms with Crippen molar-refractivity contribution in [2.75, 3.05) is 25.0 Å². The average molecular weight is 444 g/mol. The molecule has 2 unspecified atom stereocenters. The zero-order chi connectivity index (χ0) is 22.8.